The highest BCUT2D eigenvalue weighted by Gasteiger charge is 2.32. The van der Waals surface area contributed by atoms with Crippen molar-refractivity contribution >= 4 is 53.9 Å². The van der Waals surface area contributed by atoms with Crippen molar-refractivity contribution in [2.45, 2.75) is 52.8 Å². The lowest BCUT2D eigenvalue weighted by molar-refractivity contribution is -0.392. The number of carbonyl (C=O) groups is 2. The predicted molar refractivity (Wildman–Crippen MR) is 186 cm³/mol. The highest BCUT2D eigenvalue weighted by atomic mass is 35.5. The maximum absolute atomic E-state index is 12.6. The molecule has 3 aromatic rings. The molecule has 0 atom stereocenters. The molecule has 0 bridgehead atoms. The first kappa shape index (κ1) is 46.6. The maximum Gasteiger partial charge on any atom is 0.416 e. The van der Waals surface area contributed by atoms with Gasteiger partial charge in [0, 0.05) is 29.8 Å². The Hall–Kier alpha value is -5.41. The smallest absolute Gasteiger partial charge is 0.416 e. The minimum Gasteiger partial charge on any atom is -0.480 e. The Morgan fingerprint density at radius 1 is 0.926 bits per heavy atom. The Kier molecular flexibility index (Phi) is 17.4. The van der Waals surface area contributed by atoms with E-state index in [2.05, 4.69) is 10.6 Å². The Morgan fingerprint density at radius 3 is 1.93 bits per heavy atom. The molecule has 0 saturated heterocycles. The molecule has 24 heteroatoms. The quantitative estimate of drug-likeness (QED) is 0.0529. The molecular weight excluding hydrogens is 778 g/mol. The summed E-state index contributed by atoms with van der Waals surface area (Å²) in [6.45, 7) is 6.66. The van der Waals surface area contributed by atoms with Gasteiger partial charge in [0.2, 0.25) is 0 Å². The predicted octanol–water partition coefficient (Wildman–Crippen LogP) is 7.27. The number of ether oxygens (including phenoxy) is 1. The third kappa shape index (κ3) is 14.5. The van der Waals surface area contributed by atoms with Gasteiger partial charge in [-0.05, 0) is 56.5 Å². The highest BCUT2D eigenvalue weighted by molar-refractivity contribution is 7.51. The topological polar surface area (TPSA) is 295 Å². The van der Waals surface area contributed by atoms with Gasteiger partial charge in [0.15, 0.2) is 5.69 Å². The number of hydrogen-bond acceptors (Lipinski definition) is 12. The van der Waals surface area contributed by atoms with Crippen LogP contribution >= 0.6 is 19.2 Å². The van der Waals surface area contributed by atoms with E-state index in [1.165, 1.54) is 6.07 Å². The van der Waals surface area contributed by atoms with E-state index in [1.54, 1.807) is 13.8 Å². The number of nitro groups is 3. The van der Waals surface area contributed by atoms with Gasteiger partial charge >= 0.3 is 31.4 Å². The van der Waals surface area contributed by atoms with Crippen LogP contribution in [0.3, 0.4) is 0 Å². The Bertz CT molecular complexity index is 1920. The van der Waals surface area contributed by atoms with Gasteiger partial charge < -0.3 is 30.1 Å². The molecule has 0 aliphatic rings. The summed E-state index contributed by atoms with van der Waals surface area (Å²) in [5.41, 5.74) is -1.69. The molecule has 0 saturated carbocycles. The first-order chi connectivity index (χ1) is 24.8. The van der Waals surface area contributed by atoms with E-state index in [0.717, 1.165) is 43.2 Å². The number of carboxylic acid groups (broad SMARTS) is 2. The Balaban J connectivity index is 0.000000439. The van der Waals surface area contributed by atoms with E-state index in [0.29, 0.717) is 17.2 Å². The molecule has 0 heterocycles. The summed E-state index contributed by atoms with van der Waals surface area (Å²) in [5.74, 6) is -2.98. The van der Waals surface area contributed by atoms with E-state index >= 15 is 0 Å². The lowest BCUT2D eigenvalue weighted by Crippen LogP contribution is -2.23. The normalized spacial score (nSPS) is 11.0. The zero-order chi connectivity index (χ0) is 41.7. The van der Waals surface area contributed by atoms with Crippen molar-refractivity contribution in [2.75, 3.05) is 18.1 Å². The lowest BCUT2D eigenvalue weighted by atomic mass is 10.0. The molecule has 0 amide bonds. The molecule has 0 aromatic heterocycles. The summed E-state index contributed by atoms with van der Waals surface area (Å²) in [7, 11) is -4.10. The van der Waals surface area contributed by atoms with E-state index < -0.39 is 70.1 Å². The molecule has 0 spiro atoms. The van der Waals surface area contributed by atoms with Crippen LogP contribution in [-0.2, 0) is 15.5 Å². The monoisotopic (exact) mass is 811 g/mol. The van der Waals surface area contributed by atoms with Crippen LogP contribution in [0.2, 0.25) is 5.02 Å². The first-order valence-electron chi connectivity index (χ1n) is 15.1. The van der Waals surface area contributed by atoms with Gasteiger partial charge in [0.1, 0.15) is 17.1 Å². The third-order valence-corrected chi connectivity index (χ3v) is 7.91. The number of benzene rings is 3. The van der Waals surface area contributed by atoms with Crippen molar-refractivity contribution < 1.29 is 66.8 Å². The molecule has 54 heavy (non-hydrogen) atoms. The van der Waals surface area contributed by atoms with Crippen molar-refractivity contribution in [3.8, 4) is 11.5 Å². The molecular formula is C30H34ClF3N5O14P. The van der Waals surface area contributed by atoms with Gasteiger partial charge in [0.25, 0.3) is 11.4 Å². The first-order valence-corrected chi connectivity index (χ1v) is 17.2. The summed E-state index contributed by atoms with van der Waals surface area (Å²) >= 11 is 5.72. The standard InChI is InChI=1S/C14H7ClF3NO5.C13H19N3O4.C3H8NO5P/c15-10-5-7(14(16,17)18)1-4-12(10)24-8-2-3-11(19(22)23)9(6-8)13(20)21;1-5-10(6-2)14-12-11(15(17)18)7-8(3)9(4)13(12)16(19)20;5-3(6)1-4-2-10(7,8)9/h1-6H,(H,20,21);7,10,14H,5-6H2,1-4H3;4H,1-2H2,(H,5,6)(H2,7,8,9). The van der Waals surface area contributed by atoms with Crippen LogP contribution in [0.1, 0.15) is 53.7 Å². The molecule has 0 fully saturated rings. The van der Waals surface area contributed by atoms with E-state index in [1.807, 2.05) is 13.8 Å². The molecule has 0 aliphatic carbocycles. The van der Waals surface area contributed by atoms with E-state index in [9.17, 15) is 57.7 Å². The number of halogens is 4. The zero-order valence-corrected chi connectivity index (χ0v) is 30.3. The summed E-state index contributed by atoms with van der Waals surface area (Å²) in [6, 6.07) is 6.61. The van der Waals surface area contributed by atoms with Gasteiger partial charge in [-0.25, -0.2) is 4.79 Å². The molecule has 3 rings (SSSR count). The number of carboxylic acids is 2. The second-order valence-corrected chi connectivity index (χ2v) is 12.9. The average molecular weight is 812 g/mol. The number of aromatic carboxylic acids is 1. The highest BCUT2D eigenvalue weighted by Crippen LogP contribution is 2.40. The molecule has 296 valence electrons. The van der Waals surface area contributed by atoms with Crippen molar-refractivity contribution in [2.24, 2.45) is 0 Å². The van der Waals surface area contributed by atoms with Crippen LogP contribution in [0.4, 0.5) is 35.9 Å². The second-order valence-electron chi connectivity index (χ2n) is 10.9. The van der Waals surface area contributed by atoms with Gasteiger partial charge in [-0.15, -0.1) is 0 Å². The van der Waals surface area contributed by atoms with Crippen LogP contribution in [0.25, 0.3) is 0 Å². The van der Waals surface area contributed by atoms with E-state index in [4.69, 9.17) is 36.3 Å². The fraction of sp³-hybridized carbons (Fsp3) is 0.333. The van der Waals surface area contributed by atoms with Crippen LogP contribution in [0.5, 0.6) is 11.5 Å². The average Bonchev–Trinajstić information content (AvgIpc) is 3.04. The number of nitrogens with one attached hydrogen (secondary N) is 2. The number of aryl methyl sites for hydroxylation is 1. The Labute approximate surface area is 308 Å². The maximum atomic E-state index is 12.6. The third-order valence-electron chi connectivity index (χ3n) is 6.98. The van der Waals surface area contributed by atoms with Crippen molar-refractivity contribution in [3.05, 3.63) is 100 Å². The van der Waals surface area contributed by atoms with Crippen molar-refractivity contribution in [1.29, 1.82) is 0 Å². The van der Waals surface area contributed by atoms with E-state index in [-0.39, 0.29) is 39.6 Å². The molecule has 6 N–H and O–H groups in total. The number of alkyl halides is 3. The van der Waals surface area contributed by atoms with Crippen LogP contribution in [0.15, 0.2) is 42.5 Å². The number of aliphatic carboxylic acids is 1. The fourth-order valence-corrected chi connectivity index (χ4v) is 4.82. The molecule has 0 radical (unpaired) electrons. The van der Waals surface area contributed by atoms with Crippen LogP contribution in [0, 0.1) is 44.2 Å². The van der Waals surface area contributed by atoms with Crippen molar-refractivity contribution in [3.63, 3.8) is 0 Å². The SMILES string of the molecule is CCC(CC)Nc1c([N+](=O)[O-])cc(C)c(C)c1[N+](=O)[O-].O=C(O)CNCP(=O)(O)O.O=C(O)c1cc(Oc2ccc(C(F)(F)F)cc2Cl)ccc1[N+](=O)[O-]. The molecule has 3 aromatic carbocycles. The fourth-order valence-electron chi connectivity index (χ4n) is 4.20. The summed E-state index contributed by atoms with van der Waals surface area (Å²) in [6.07, 6.45) is -3.71. The minimum atomic E-state index is -4.58. The van der Waals surface area contributed by atoms with Gasteiger partial charge in [-0.2, -0.15) is 13.2 Å². The number of hydrogen-bond donors (Lipinski definition) is 6. The minimum absolute atomic E-state index is 0.0109. The second kappa shape index (κ2) is 20.2. The largest absolute Gasteiger partial charge is 0.480 e. The number of nitro benzene ring substituents is 3. The molecule has 0 aliphatic heterocycles. The van der Waals surface area contributed by atoms with Crippen molar-refractivity contribution in [1.82, 2.24) is 5.32 Å². The zero-order valence-electron chi connectivity index (χ0n) is 28.6. The molecule has 0 unspecified atom stereocenters. The summed E-state index contributed by atoms with van der Waals surface area (Å²) in [4.78, 5) is 68.4. The van der Waals surface area contributed by atoms with Crippen LogP contribution in [-0.4, -0.2) is 65.6 Å². The van der Waals surface area contributed by atoms with Crippen LogP contribution < -0.4 is 15.4 Å². The number of nitrogens with zero attached hydrogens (tertiary/aromatic N) is 3. The summed E-state index contributed by atoms with van der Waals surface area (Å²) in [5, 5.41) is 54.8. The molecule has 19 nitrogen and oxygen atoms in total. The van der Waals surface area contributed by atoms with Gasteiger partial charge in [0.05, 0.1) is 38.2 Å². The number of anilines is 1. The van der Waals surface area contributed by atoms with Gasteiger partial charge in [-0.1, -0.05) is 25.4 Å². The number of rotatable bonds is 14. The Morgan fingerprint density at radius 2 is 1.50 bits per heavy atom. The lowest BCUT2D eigenvalue weighted by Gasteiger charge is -2.17. The summed E-state index contributed by atoms with van der Waals surface area (Å²) < 4.78 is 52.9. The van der Waals surface area contributed by atoms with Gasteiger partial charge in [-0.3, -0.25) is 45.0 Å².